The molecule has 5 nitrogen and oxygen atoms in total. The predicted octanol–water partition coefficient (Wildman–Crippen LogP) is 2.89. The summed E-state index contributed by atoms with van der Waals surface area (Å²) in [5, 5.41) is 3.80. The zero-order chi connectivity index (χ0) is 16.9. The number of hydrogen-bond donors (Lipinski definition) is 2. The van der Waals surface area contributed by atoms with Gasteiger partial charge >= 0.3 is 0 Å². The Morgan fingerprint density at radius 1 is 1.33 bits per heavy atom. The second kappa shape index (κ2) is 7.45. The van der Waals surface area contributed by atoms with E-state index in [-0.39, 0.29) is 0 Å². The lowest BCUT2D eigenvalue weighted by atomic mass is 10.1. The zero-order valence-electron chi connectivity index (χ0n) is 13.5. The number of methoxy groups -OCH3 is 1. The molecule has 126 valence electrons. The van der Waals surface area contributed by atoms with Crippen LogP contribution in [0.5, 0.6) is 11.5 Å². The molecule has 1 heterocycles. The highest BCUT2D eigenvalue weighted by Gasteiger charge is 2.17. The van der Waals surface area contributed by atoms with Crippen LogP contribution in [-0.4, -0.2) is 19.7 Å². The minimum Gasteiger partial charge on any atom is -0.496 e. The first-order chi connectivity index (χ1) is 11.7. The van der Waals surface area contributed by atoms with Crippen molar-refractivity contribution in [1.82, 2.24) is 5.32 Å². The van der Waals surface area contributed by atoms with Crippen LogP contribution in [0.4, 0.5) is 0 Å². The molecule has 24 heavy (non-hydrogen) atoms. The first-order valence-electron chi connectivity index (χ1n) is 7.77. The largest absolute Gasteiger partial charge is 0.496 e. The molecule has 0 saturated carbocycles. The number of benzene rings is 2. The number of nitrogens with two attached hydrogens (primary N) is 1. The van der Waals surface area contributed by atoms with Crippen molar-refractivity contribution in [2.45, 2.75) is 19.5 Å². The standard InChI is InChI=1S/C18H20ClN3O2/c1-23-16-5-3-2-4-13(16)10-21-18(20)22-11-14-9-15(19)8-12-6-7-24-17(12)14/h2-5,8-9H,6-7,10-11H2,1H3,(H3,20,21,22). The summed E-state index contributed by atoms with van der Waals surface area (Å²) in [6, 6.07) is 11.6. The van der Waals surface area contributed by atoms with Gasteiger partial charge in [0.2, 0.25) is 0 Å². The van der Waals surface area contributed by atoms with E-state index in [1.54, 1.807) is 7.11 Å². The molecule has 3 rings (SSSR count). The maximum atomic E-state index is 6.15. The molecule has 0 saturated heterocycles. The summed E-state index contributed by atoms with van der Waals surface area (Å²) in [7, 11) is 1.65. The second-order valence-electron chi connectivity index (χ2n) is 5.52. The first kappa shape index (κ1) is 16.5. The fourth-order valence-electron chi connectivity index (χ4n) is 2.72. The average molecular weight is 346 g/mol. The van der Waals surface area contributed by atoms with Crippen LogP contribution < -0.4 is 20.5 Å². The number of hydrogen-bond acceptors (Lipinski definition) is 3. The zero-order valence-corrected chi connectivity index (χ0v) is 14.3. The molecule has 0 unspecified atom stereocenters. The van der Waals surface area contributed by atoms with E-state index in [9.17, 15) is 0 Å². The summed E-state index contributed by atoms with van der Waals surface area (Å²) in [6.07, 6.45) is 0.883. The van der Waals surface area contributed by atoms with Crippen molar-refractivity contribution in [2.75, 3.05) is 13.7 Å². The minimum absolute atomic E-state index is 0.368. The molecule has 0 amide bonds. The van der Waals surface area contributed by atoms with Crippen LogP contribution in [0.3, 0.4) is 0 Å². The van der Waals surface area contributed by atoms with E-state index in [0.717, 1.165) is 34.6 Å². The minimum atomic E-state index is 0.368. The van der Waals surface area contributed by atoms with Crippen LogP contribution in [0.15, 0.2) is 41.4 Å². The molecule has 2 aromatic carbocycles. The van der Waals surface area contributed by atoms with Gasteiger partial charge in [-0.3, -0.25) is 0 Å². The van der Waals surface area contributed by atoms with Gasteiger partial charge in [-0.1, -0.05) is 29.8 Å². The third-order valence-corrected chi connectivity index (χ3v) is 4.12. The van der Waals surface area contributed by atoms with Gasteiger partial charge in [-0.05, 0) is 23.8 Å². The highest BCUT2D eigenvalue weighted by Crippen LogP contribution is 2.33. The summed E-state index contributed by atoms with van der Waals surface area (Å²) in [4.78, 5) is 4.39. The van der Waals surface area contributed by atoms with Crippen LogP contribution in [0.2, 0.25) is 5.02 Å². The fraction of sp³-hybridized carbons (Fsp3) is 0.278. The summed E-state index contributed by atoms with van der Waals surface area (Å²) in [5.74, 6) is 2.08. The summed E-state index contributed by atoms with van der Waals surface area (Å²) in [5.41, 5.74) is 9.08. The Morgan fingerprint density at radius 3 is 3.00 bits per heavy atom. The SMILES string of the molecule is COc1ccccc1CNC(N)=NCc1cc(Cl)cc2c1OCC2. The van der Waals surface area contributed by atoms with Gasteiger partial charge in [0, 0.05) is 29.1 Å². The molecule has 0 radical (unpaired) electrons. The van der Waals surface area contributed by atoms with E-state index in [1.807, 2.05) is 36.4 Å². The van der Waals surface area contributed by atoms with Crippen LogP contribution in [-0.2, 0) is 19.5 Å². The third-order valence-electron chi connectivity index (χ3n) is 3.90. The van der Waals surface area contributed by atoms with E-state index < -0.39 is 0 Å². The van der Waals surface area contributed by atoms with E-state index in [0.29, 0.717) is 30.7 Å². The van der Waals surface area contributed by atoms with Gasteiger partial charge in [0.1, 0.15) is 11.5 Å². The molecule has 0 aromatic heterocycles. The highest BCUT2D eigenvalue weighted by molar-refractivity contribution is 6.30. The summed E-state index contributed by atoms with van der Waals surface area (Å²) < 4.78 is 11.0. The average Bonchev–Trinajstić information content (AvgIpc) is 3.06. The number of halogens is 1. The van der Waals surface area contributed by atoms with Crippen molar-refractivity contribution in [3.05, 3.63) is 58.1 Å². The van der Waals surface area contributed by atoms with Gasteiger partial charge in [0.05, 0.1) is 20.3 Å². The number of rotatable bonds is 5. The van der Waals surface area contributed by atoms with Crippen molar-refractivity contribution < 1.29 is 9.47 Å². The molecule has 0 bridgehead atoms. The lowest BCUT2D eigenvalue weighted by Gasteiger charge is -2.10. The Balaban J connectivity index is 1.65. The van der Waals surface area contributed by atoms with Gasteiger partial charge in [0.15, 0.2) is 5.96 Å². The molecular weight excluding hydrogens is 326 g/mol. The third kappa shape index (κ3) is 3.74. The van der Waals surface area contributed by atoms with E-state index in [1.165, 1.54) is 0 Å². The smallest absolute Gasteiger partial charge is 0.189 e. The number of nitrogens with zero attached hydrogens (tertiary/aromatic N) is 1. The van der Waals surface area contributed by atoms with Crippen molar-refractivity contribution in [2.24, 2.45) is 10.7 Å². The van der Waals surface area contributed by atoms with Crippen LogP contribution in [0.1, 0.15) is 16.7 Å². The second-order valence-corrected chi connectivity index (χ2v) is 5.95. The van der Waals surface area contributed by atoms with Crippen LogP contribution in [0.25, 0.3) is 0 Å². The molecule has 6 heteroatoms. The number of aliphatic imine (C=N–C) groups is 1. The van der Waals surface area contributed by atoms with Crippen molar-refractivity contribution >= 4 is 17.6 Å². The molecule has 1 aliphatic heterocycles. The van der Waals surface area contributed by atoms with Crippen LogP contribution >= 0.6 is 11.6 Å². The number of nitrogens with one attached hydrogen (secondary N) is 1. The number of para-hydroxylation sites is 1. The Labute approximate surface area is 146 Å². The normalized spacial score (nSPS) is 13.3. The molecule has 0 aliphatic carbocycles. The summed E-state index contributed by atoms with van der Waals surface area (Å²) in [6.45, 7) is 1.66. The molecule has 2 aromatic rings. The van der Waals surface area contributed by atoms with E-state index in [2.05, 4.69) is 10.3 Å². The number of fused-ring (bicyclic) bond motifs is 1. The van der Waals surface area contributed by atoms with Gasteiger partial charge in [0.25, 0.3) is 0 Å². The number of ether oxygens (including phenoxy) is 2. The quantitative estimate of drug-likeness (QED) is 0.646. The van der Waals surface area contributed by atoms with Gasteiger partial charge in [-0.25, -0.2) is 4.99 Å². The Kier molecular flexibility index (Phi) is 5.11. The molecular formula is C18H20ClN3O2. The molecule has 0 spiro atoms. The fourth-order valence-corrected chi connectivity index (χ4v) is 2.99. The molecule has 0 atom stereocenters. The van der Waals surface area contributed by atoms with Gasteiger partial charge in [-0.15, -0.1) is 0 Å². The first-order valence-corrected chi connectivity index (χ1v) is 8.15. The predicted molar refractivity (Wildman–Crippen MR) is 95.8 cm³/mol. The maximum absolute atomic E-state index is 6.15. The lowest BCUT2D eigenvalue weighted by Crippen LogP contribution is -2.31. The highest BCUT2D eigenvalue weighted by atomic mass is 35.5. The van der Waals surface area contributed by atoms with Gasteiger partial charge < -0.3 is 20.5 Å². The van der Waals surface area contributed by atoms with Crippen LogP contribution in [0, 0.1) is 0 Å². The van der Waals surface area contributed by atoms with Crippen molar-refractivity contribution in [3.8, 4) is 11.5 Å². The summed E-state index contributed by atoms with van der Waals surface area (Å²) >= 11 is 6.15. The van der Waals surface area contributed by atoms with E-state index in [4.69, 9.17) is 26.8 Å². The molecule has 1 aliphatic rings. The Morgan fingerprint density at radius 2 is 2.17 bits per heavy atom. The Bertz CT molecular complexity index is 762. The molecule has 0 fully saturated rings. The topological polar surface area (TPSA) is 68.9 Å². The van der Waals surface area contributed by atoms with E-state index >= 15 is 0 Å². The van der Waals surface area contributed by atoms with Crippen molar-refractivity contribution in [3.63, 3.8) is 0 Å². The molecule has 3 N–H and O–H groups in total. The number of guanidine groups is 1. The lowest BCUT2D eigenvalue weighted by molar-refractivity contribution is 0.353. The Hall–Kier alpha value is -2.40. The maximum Gasteiger partial charge on any atom is 0.189 e. The van der Waals surface area contributed by atoms with Crippen molar-refractivity contribution in [1.29, 1.82) is 0 Å². The monoisotopic (exact) mass is 345 g/mol. The van der Waals surface area contributed by atoms with Gasteiger partial charge in [-0.2, -0.15) is 0 Å².